The molecular formula is C16H19ClN2O2S2. The minimum Gasteiger partial charge on any atom is -0.295 e. The summed E-state index contributed by atoms with van der Waals surface area (Å²) in [5.41, 5.74) is 1.37. The Morgan fingerprint density at radius 2 is 2.22 bits per heavy atom. The highest BCUT2D eigenvalue weighted by Crippen LogP contribution is 2.25. The monoisotopic (exact) mass is 370 g/mol. The van der Waals surface area contributed by atoms with Gasteiger partial charge in [0.05, 0.1) is 4.90 Å². The zero-order valence-electron chi connectivity index (χ0n) is 12.8. The largest absolute Gasteiger partial charge is 0.295 e. The Morgan fingerprint density at radius 3 is 3.00 bits per heavy atom. The maximum absolute atomic E-state index is 12.3. The molecule has 0 fully saturated rings. The molecule has 0 saturated carbocycles. The average molecular weight is 371 g/mol. The highest BCUT2D eigenvalue weighted by molar-refractivity contribution is 7.89. The number of nitrogens with one attached hydrogen (secondary N) is 1. The molecule has 1 N–H and O–H groups in total. The van der Waals surface area contributed by atoms with Crippen LogP contribution in [0.2, 0.25) is 5.02 Å². The highest BCUT2D eigenvalue weighted by Gasteiger charge is 2.23. The summed E-state index contributed by atoms with van der Waals surface area (Å²) >= 11 is 7.68. The molecule has 0 aliphatic carbocycles. The normalized spacial score (nSPS) is 17.0. The van der Waals surface area contributed by atoms with Crippen LogP contribution in [0.15, 0.2) is 40.6 Å². The van der Waals surface area contributed by atoms with Gasteiger partial charge in [-0.25, -0.2) is 13.1 Å². The Labute approximate surface area is 146 Å². The van der Waals surface area contributed by atoms with Crippen molar-refractivity contribution in [2.24, 2.45) is 0 Å². The van der Waals surface area contributed by atoms with Gasteiger partial charge in [-0.05, 0) is 48.6 Å². The zero-order valence-corrected chi connectivity index (χ0v) is 15.2. The van der Waals surface area contributed by atoms with Crippen LogP contribution in [-0.2, 0) is 23.0 Å². The van der Waals surface area contributed by atoms with Crippen LogP contribution < -0.4 is 4.72 Å². The summed E-state index contributed by atoms with van der Waals surface area (Å²) in [6.07, 6.45) is 1.04. The summed E-state index contributed by atoms with van der Waals surface area (Å²) in [6, 6.07) is 8.62. The van der Waals surface area contributed by atoms with Gasteiger partial charge in [0.2, 0.25) is 10.0 Å². The number of halogens is 1. The van der Waals surface area contributed by atoms with Crippen molar-refractivity contribution in [1.82, 2.24) is 9.62 Å². The van der Waals surface area contributed by atoms with Crippen molar-refractivity contribution in [3.63, 3.8) is 0 Å². The van der Waals surface area contributed by atoms with E-state index in [4.69, 9.17) is 11.6 Å². The molecule has 2 aromatic rings. The fourth-order valence-corrected chi connectivity index (χ4v) is 5.04. The number of hydrogen-bond acceptors (Lipinski definition) is 4. The minimum atomic E-state index is -3.53. The summed E-state index contributed by atoms with van der Waals surface area (Å²) < 4.78 is 27.4. The van der Waals surface area contributed by atoms with Crippen LogP contribution in [0.1, 0.15) is 17.4 Å². The predicted octanol–water partition coefficient (Wildman–Crippen LogP) is 3.13. The summed E-state index contributed by atoms with van der Waals surface area (Å²) in [4.78, 5) is 3.97. The number of nitrogens with zero attached hydrogens (tertiary/aromatic N) is 1. The highest BCUT2D eigenvalue weighted by atomic mass is 35.5. The van der Waals surface area contributed by atoms with Crippen molar-refractivity contribution in [3.8, 4) is 0 Å². The number of thiophene rings is 1. The molecule has 0 radical (unpaired) electrons. The maximum Gasteiger partial charge on any atom is 0.240 e. The second-order valence-electron chi connectivity index (χ2n) is 5.75. The molecule has 0 saturated heterocycles. The minimum absolute atomic E-state index is 0.136. The van der Waals surface area contributed by atoms with Crippen LogP contribution in [0.25, 0.3) is 0 Å². The van der Waals surface area contributed by atoms with Gasteiger partial charge in [-0.1, -0.05) is 17.7 Å². The Balaban J connectivity index is 1.62. The maximum atomic E-state index is 12.3. The van der Waals surface area contributed by atoms with Crippen molar-refractivity contribution in [1.29, 1.82) is 0 Å². The first-order valence-corrected chi connectivity index (χ1v) is 10.2. The standard InChI is InChI=1S/C16H19ClN2O2S2/c1-12(19-7-5-16-13(11-19)6-8-22-16)10-18-23(20,21)15-4-2-3-14(17)9-15/h2-4,6,8-9,12,18H,5,7,10-11H2,1H3/t12-/m1/s1. The van der Waals surface area contributed by atoms with E-state index in [-0.39, 0.29) is 10.9 Å². The van der Waals surface area contributed by atoms with E-state index in [0.29, 0.717) is 11.6 Å². The lowest BCUT2D eigenvalue weighted by Gasteiger charge is -2.32. The molecular weight excluding hydrogens is 352 g/mol. The molecule has 0 spiro atoms. The number of rotatable bonds is 5. The van der Waals surface area contributed by atoms with Crippen LogP contribution in [0, 0.1) is 0 Å². The summed E-state index contributed by atoms with van der Waals surface area (Å²) in [7, 11) is -3.53. The molecule has 2 heterocycles. The topological polar surface area (TPSA) is 49.4 Å². The average Bonchev–Trinajstić information content (AvgIpc) is 3.00. The van der Waals surface area contributed by atoms with Gasteiger partial charge >= 0.3 is 0 Å². The fourth-order valence-electron chi connectivity index (χ4n) is 2.72. The van der Waals surface area contributed by atoms with Gasteiger partial charge in [0.15, 0.2) is 0 Å². The van der Waals surface area contributed by atoms with E-state index in [1.165, 1.54) is 16.5 Å². The van der Waals surface area contributed by atoms with Gasteiger partial charge in [-0.2, -0.15) is 0 Å². The smallest absolute Gasteiger partial charge is 0.240 e. The van der Waals surface area contributed by atoms with E-state index in [1.54, 1.807) is 29.5 Å². The van der Waals surface area contributed by atoms with Crippen LogP contribution in [0.4, 0.5) is 0 Å². The van der Waals surface area contributed by atoms with E-state index in [9.17, 15) is 8.42 Å². The lowest BCUT2D eigenvalue weighted by molar-refractivity contribution is 0.193. The second kappa shape index (κ2) is 6.91. The molecule has 1 aliphatic heterocycles. The van der Waals surface area contributed by atoms with Crippen LogP contribution in [0.5, 0.6) is 0 Å². The molecule has 3 rings (SSSR count). The summed E-state index contributed by atoms with van der Waals surface area (Å²) in [5, 5.41) is 2.54. The molecule has 4 nitrogen and oxygen atoms in total. The van der Waals surface area contributed by atoms with E-state index >= 15 is 0 Å². The van der Waals surface area contributed by atoms with Gasteiger partial charge in [0, 0.05) is 35.6 Å². The number of benzene rings is 1. The molecule has 0 unspecified atom stereocenters. The first-order valence-electron chi connectivity index (χ1n) is 7.50. The molecule has 1 aromatic carbocycles. The van der Waals surface area contributed by atoms with E-state index in [0.717, 1.165) is 19.5 Å². The lowest BCUT2D eigenvalue weighted by Crippen LogP contribution is -2.44. The number of fused-ring (bicyclic) bond motifs is 1. The van der Waals surface area contributed by atoms with Gasteiger partial charge in [-0.15, -0.1) is 11.3 Å². The van der Waals surface area contributed by atoms with Crippen LogP contribution >= 0.6 is 22.9 Å². The quantitative estimate of drug-likeness (QED) is 0.879. The third kappa shape index (κ3) is 3.95. The first-order chi connectivity index (χ1) is 11.0. The predicted molar refractivity (Wildman–Crippen MR) is 94.5 cm³/mol. The zero-order chi connectivity index (χ0) is 16.4. The molecule has 7 heteroatoms. The second-order valence-corrected chi connectivity index (χ2v) is 8.95. The Bertz CT molecular complexity index is 789. The summed E-state index contributed by atoms with van der Waals surface area (Å²) in [6.45, 7) is 4.29. The van der Waals surface area contributed by atoms with Crippen molar-refractivity contribution < 1.29 is 8.42 Å². The fraction of sp³-hybridized carbons (Fsp3) is 0.375. The van der Waals surface area contributed by atoms with Gasteiger partial charge in [0.1, 0.15) is 0 Å². The number of sulfonamides is 1. The third-order valence-electron chi connectivity index (χ3n) is 4.14. The van der Waals surface area contributed by atoms with Crippen molar-refractivity contribution in [2.75, 3.05) is 13.1 Å². The molecule has 1 aromatic heterocycles. The van der Waals surface area contributed by atoms with Gasteiger partial charge in [0.25, 0.3) is 0 Å². The van der Waals surface area contributed by atoms with Crippen molar-refractivity contribution >= 4 is 33.0 Å². The van der Waals surface area contributed by atoms with Crippen molar-refractivity contribution in [3.05, 3.63) is 51.2 Å². The Kier molecular flexibility index (Phi) is 5.08. The summed E-state index contributed by atoms with van der Waals surface area (Å²) in [5.74, 6) is 0. The molecule has 124 valence electrons. The van der Waals surface area contributed by atoms with E-state index in [1.807, 2.05) is 0 Å². The molecule has 0 bridgehead atoms. The van der Waals surface area contributed by atoms with Gasteiger partial charge in [-0.3, -0.25) is 4.90 Å². The lowest BCUT2D eigenvalue weighted by atomic mass is 10.1. The van der Waals surface area contributed by atoms with E-state index < -0.39 is 10.0 Å². The van der Waals surface area contributed by atoms with Crippen LogP contribution in [-0.4, -0.2) is 32.4 Å². The van der Waals surface area contributed by atoms with Crippen LogP contribution in [0.3, 0.4) is 0 Å². The number of hydrogen-bond donors (Lipinski definition) is 1. The first kappa shape index (κ1) is 16.9. The molecule has 1 aliphatic rings. The SMILES string of the molecule is C[C@H](CNS(=O)(=O)c1cccc(Cl)c1)N1CCc2sccc2C1. The van der Waals surface area contributed by atoms with Gasteiger partial charge < -0.3 is 0 Å². The van der Waals surface area contributed by atoms with Crippen molar-refractivity contribution in [2.45, 2.75) is 30.8 Å². The molecule has 0 amide bonds. The van der Waals surface area contributed by atoms with E-state index in [2.05, 4.69) is 28.0 Å². The molecule has 1 atom stereocenters. The third-order valence-corrected chi connectivity index (χ3v) is 6.82. The Morgan fingerprint density at radius 1 is 1.39 bits per heavy atom. The molecule has 23 heavy (non-hydrogen) atoms. The Hall–Kier alpha value is -0.920.